The van der Waals surface area contributed by atoms with Crippen molar-refractivity contribution >= 4 is 5.91 Å². The first-order chi connectivity index (χ1) is 12.1. The van der Waals surface area contributed by atoms with Crippen LogP contribution in [0.1, 0.15) is 10.4 Å². The minimum Gasteiger partial charge on any atom is -0.475 e. The molecule has 128 valence electrons. The van der Waals surface area contributed by atoms with Gasteiger partial charge in [-0.15, -0.1) is 10.2 Å². The second kappa shape index (κ2) is 7.52. The minimum absolute atomic E-state index is 0.0498. The van der Waals surface area contributed by atoms with E-state index in [2.05, 4.69) is 15.5 Å². The van der Waals surface area contributed by atoms with Crippen molar-refractivity contribution in [3.8, 4) is 17.3 Å². The number of carbonyl (C=O) groups is 1. The summed E-state index contributed by atoms with van der Waals surface area (Å²) in [6.45, 7) is 0.116. The predicted octanol–water partition coefficient (Wildman–Crippen LogP) is 2.82. The molecular formula is C17H13F2N3O3. The number of rotatable bonds is 6. The van der Waals surface area contributed by atoms with Gasteiger partial charge in [-0.05, 0) is 30.3 Å². The molecule has 0 radical (unpaired) electrons. The van der Waals surface area contributed by atoms with E-state index in [1.807, 2.05) is 0 Å². The Bertz CT molecular complexity index is 832. The molecular weight excluding hydrogens is 332 g/mol. The standard InChI is InChI=1S/C17H13F2N3O3/c18-11-3-1-4-12(19)16(11)17(23)20-8-10-25-15-7-6-13(21-22-15)14-5-2-9-24-14/h1-7,9H,8,10H2,(H,20,23). The lowest BCUT2D eigenvalue weighted by Crippen LogP contribution is -2.29. The summed E-state index contributed by atoms with van der Waals surface area (Å²) in [5, 5.41) is 10.2. The number of nitrogens with zero attached hydrogens (tertiary/aromatic N) is 2. The van der Waals surface area contributed by atoms with Crippen molar-refractivity contribution in [2.45, 2.75) is 0 Å². The van der Waals surface area contributed by atoms with Gasteiger partial charge in [0.2, 0.25) is 5.88 Å². The summed E-state index contributed by atoms with van der Waals surface area (Å²) in [7, 11) is 0. The lowest BCUT2D eigenvalue weighted by molar-refractivity contribution is 0.0938. The number of amides is 1. The van der Waals surface area contributed by atoms with Crippen LogP contribution in [0.4, 0.5) is 8.78 Å². The van der Waals surface area contributed by atoms with Crippen LogP contribution >= 0.6 is 0 Å². The van der Waals surface area contributed by atoms with Gasteiger partial charge in [-0.25, -0.2) is 8.78 Å². The molecule has 1 N–H and O–H groups in total. The minimum atomic E-state index is -0.919. The maximum Gasteiger partial charge on any atom is 0.257 e. The van der Waals surface area contributed by atoms with E-state index in [4.69, 9.17) is 9.15 Å². The zero-order valence-electron chi connectivity index (χ0n) is 12.9. The Morgan fingerprint density at radius 3 is 2.52 bits per heavy atom. The molecule has 0 saturated heterocycles. The first kappa shape index (κ1) is 16.6. The van der Waals surface area contributed by atoms with Crippen molar-refractivity contribution < 1.29 is 22.7 Å². The molecule has 3 aromatic rings. The Kier molecular flexibility index (Phi) is 4.98. The van der Waals surface area contributed by atoms with E-state index in [1.54, 1.807) is 24.3 Å². The number of benzene rings is 1. The largest absolute Gasteiger partial charge is 0.475 e. The second-order valence-corrected chi connectivity index (χ2v) is 4.94. The van der Waals surface area contributed by atoms with Crippen LogP contribution in [-0.2, 0) is 0 Å². The highest BCUT2D eigenvalue weighted by atomic mass is 19.1. The van der Waals surface area contributed by atoms with Crippen molar-refractivity contribution in [3.05, 3.63) is 65.9 Å². The van der Waals surface area contributed by atoms with Crippen LogP contribution in [0, 0.1) is 11.6 Å². The van der Waals surface area contributed by atoms with Gasteiger partial charge in [0, 0.05) is 6.07 Å². The van der Waals surface area contributed by atoms with Crippen LogP contribution in [0.15, 0.2) is 53.1 Å². The number of hydrogen-bond acceptors (Lipinski definition) is 5. The number of ether oxygens (including phenoxy) is 1. The molecule has 0 aliphatic carbocycles. The van der Waals surface area contributed by atoms with E-state index >= 15 is 0 Å². The Labute approximate surface area is 141 Å². The molecule has 0 spiro atoms. The molecule has 2 heterocycles. The molecule has 8 heteroatoms. The van der Waals surface area contributed by atoms with E-state index < -0.39 is 23.1 Å². The molecule has 25 heavy (non-hydrogen) atoms. The molecule has 0 fully saturated rings. The Morgan fingerprint density at radius 2 is 1.88 bits per heavy atom. The lowest BCUT2D eigenvalue weighted by Gasteiger charge is -2.08. The van der Waals surface area contributed by atoms with Gasteiger partial charge >= 0.3 is 0 Å². The van der Waals surface area contributed by atoms with Crippen molar-refractivity contribution in [2.75, 3.05) is 13.2 Å². The van der Waals surface area contributed by atoms with Gasteiger partial charge in [0.05, 0.1) is 12.8 Å². The highest BCUT2D eigenvalue weighted by Gasteiger charge is 2.16. The van der Waals surface area contributed by atoms with Crippen molar-refractivity contribution in [3.63, 3.8) is 0 Å². The third-order valence-electron chi connectivity index (χ3n) is 3.24. The molecule has 0 atom stereocenters. The van der Waals surface area contributed by atoms with Crippen LogP contribution in [0.25, 0.3) is 11.5 Å². The second-order valence-electron chi connectivity index (χ2n) is 4.94. The summed E-state index contributed by atoms with van der Waals surface area (Å²) in [5.41, 5.74) is -0.0641. The predicted molar refractivity (Wildman–Crippen MR) is 83.9 cm³/mol. The van der Waals surface area contributed by atoms with Crippen molar-refractivity contribution in [2.24, 2.45) is 0 Å². The fourth-order valence-corrected chi connectivity index (χ4v) is 2.08. The monoisotopic (exact) mass is 345 g/mol. The van der Waals surface area contributed by atoms with E-state index in [0.717, 1.165) is 12.1 Å². The Balaban J connectivity index is 1.49. The van der Waals surface area contributed by atoms with Gasteiger partial charge < -0.3 is 14.5 Å². The summed E-state index contributed by atoms with van der Waals surface area (Å²) in [4.78, 5) is 11.8. The normalized spacial score (nSPS) is 10.5. The molecule has 1 aromatic carbocycles. The van der Waals surface area contributed by atoms with Crippen LogP contribution in [0.5, 0.6) is 5.88 Å². The van der Waals surface area contributed by atoms with E-state index in [1.165, 1.54) is 12.3 Å². The smallest absolute Gasteiger partial charge is 0.257 e. The summed E-state index contributed by atoms with van der Waals surface area (Å²) in [6.07, 6.45) is 1.53. The molecule has 6 nitrogen and oxygen atoms in total. The molecule has 0 aliphatic heterocycles. The number of aromatic nitrogens is 2. The molecule has 0 aliphatic rings. The highest BCUT2D eigenvalue weighted by molar-refractivity contribution is 5.94. The zero-order chi connectivity index (χ0) is 17.6. The fourth-order valence-electron chi connectivity index (χ4n) is 2.08. The third-order valence-corrected chi connectivity index (χ3v) is 3.24. The summed E-state index contributed by atoms with van der Waals surface area (Å²) in [5.74, 6) is -1.85. The average Bonchev–Trinajstić information content (AvgIpc) is 3.14. The van der Waals surface area contributed by atoms with E-state index in [-0.39, 0.29) is 19.0 Å². The van der Waals surface area contributed by atoms with Crippen molar-refractivity contribution in [1.82, 2.24) is 15.5 Å². The number of carbonyl (C=O) groups excluding carboxylic acids is 1. The van der Waals surface area contributed by atoms with Gasteiger partial charge in [0.25, 0.3) is 5.91 Å². The molecule has 0 unspecified atom stereocenters. The Hall–Kier alpha value is -3.29. The average molecular weight is 345 g/mol. The zero-order valence-corrected chi connectivity index (χ0v) is 12.9. The first-order valence-corrected chi connectivity index (χ1v) is 7.38. The number of nitrogens with one attached hydrogen (secondary N) is 1. The maximum absolute atomic E-state index is 13.5. The maximum atomic E-state index is 13.5. The molecule has 0 bridgehead atoms. The van der Waals surface area contributed by atoms with Gasteiger partial charge in [-0.1, -0.05) is 6.07 Å². The van der Waals surface area contributed by atoms with Crippen molar-refractivity contribution in [1.29, 1.82) is 0 Å². The summed E-state index contributed by atoms with van der Waals surface area (Å²) in [6, 6.07) is 9.99. The van der Waals surface area contributed by atoms with Crippen LogP contribution in [0.3, 0.4) is 0 Å². The SMILES string of the molecule is O=C(NCCOc1ccc(-c2ccco2)nn1)c1c(F)cccc1F. The quantitative estimate of drug-likeness (QED) is 0.695. The summed E-state index contributed by atoms with van der Waals surface area (Å²) >= 11 is 0. The fraction of sp³-hybridized carbons (Fsp3) is 0.118. The summed E-state index contributed by atoms with van der Waals surface area (Å²) < 4.78 is 37.5. The van der Waals surface area contributed by atoms with Crippen LogP contribution in [0.2, 0.25) is 0 Å². The number of furan rings is 1. The van der Waals surface area contributed by atoms with E-state index in [0.29, 0.717) is 11.5 Å². The lowest BCUT2D eigenvalue weighted by atomic mass is 10.2. The first-order valence-electron chi connectivity index (χ1n) is 7.38. The van der Waals surface area contributed by atoms with Crippen LogP contribution in [-0.4, -0.2) is 29.3 Å². The third kappa shape index (κ3) is 3.97. The van der Waals surface area contributed by atoms with Gasteiger partial charge in [0.15, 0.2) is 5.76 Å². The van der Waals surface area contributed by atoms with Crippen LogP contribution < -0.4 is 10.1 Å². The van der Waals surface area contributed by atoms with E-state index in [9.17, 15) is 13.6 Å². The van der Waals surface area contributed by atoms with Gasteiger partial charge in [-0.3, -0.25) is 4.79 Å². The molecule has 2 aromatic heterocycles. The molecule has 3 rings (SSSR count). The molecule has 1 amide bonds. The highest BCUT2D eigenvalue weighted by Crippen LogP contribution is 2.17. The topological polar surface area (TPSA) is 77.2 Å². The van der Waals surface area contributed by atoms with Gasteiger partial charge in [0.1, 0.15) is 29.5 Å². The number of halogens is 2. The van der Waals surface area contributed by atoms with Gasteiger partial charge in [-0.2, -0.15) is 0 Å². The Morgan fingerprint density at radius 1 is 1.08 bits per heavy atom. The molecule has 0 saturated carbocycles. The number of hydrogen-bond donors (Lipinski definition) is 1.